The number of hydrogen-bond acceptors (Lipinski definition) is 3. The molecule has 0 radical (unpaired) electrons. The maximum Gasteiger partial charge on any atom is 0.319 e. The van der Waals surface area contributed by atoms with Gasteiger partial charge in [0.15, 0.2) is 0 Å². The third kappa shape index (κ3) is 4.18. The second-order valence-electron chi connectivity index (χ2n) is 8.57. The molecule has 2 aromatic carbocycles. The summed E-state index contributed by atoms with van der Waals surface area (Å²) in [6, 6.07) is 15.3. The van der Waals surface area contributed by atoms with Crippen LogP contribution in [0.15, 0.2) is 59.8 Å². The SMILES string of the molecule is CC(Cc1ccc(C2CC2)c2ccccc12)c1cnccc1SC(C)(C)C(=O)O. The zero-order valence-electron chi connectivity index (χ0n) is 17.2. The highest BCUT2D eigenvalue weighted by Crippen LogP contribution is 2.44. The van der Waals surface area contributed by atoms with Gasteiger partial charge in [-0.05, 0) is 78.5 Å². The van der Waals surface area contributed by atoms with E-state index in [0.29, 0.717) is 0 Å². The topological polar surface area (TPSA) is 50.2 Å². The highest BCUT2D eigenvalue weighted by Gasteiger charge is 2.30. The summed E-state index contributed by atoms with van der Waals surface area (Å²) < 4.78 is -0.881. The lowest BCUT2D eigenvalue weighted by atomic mass is 9.89. The Morgan fingerprint density at radius 2 is 1.90 bits per heavy atom. The van der Waals surface area contributed by atoms with Crippen molar-refractivity contribution in [3.8, 4) is 0 Å². The number of benzene rings is 2. The molecule has 1 N–H and O–H groups in total. The highest BCUT2D eigenvalue weighted by molar-refractivity contribution is 8.01. The number of aliphatic carboxylic acids is 1. The van der Waals surface area contributed by atoms with Crippen molar-refractivity contribution >= 4 is 28.5 Å². The lowest BCUT2D eigenvalue weighted by Gasteiger charge is -2.23. The second kappa shape index (κ2) is 7.83. The first-order valence-corrected chi connectivity index (χ1v) is 11.1. The molecule has 3 nitrogen and oxygen atoms in total. The Morgan fingerprint density at radius 3 is 2.59 bits per heavy atom. The molecule has 1 heterocycles. The van der Waals surface area contributed by atoms with E-state index < -0.39 is 10.7 Å². The van der Waals surface area contributed by atoms with E-state index in [4.69, 9.17) is 0 Å². The summed E-state index contributed by atoms with van der Waals surface area (Å²) in [4.78, 5) is 16.9. The maximum absolute atomic E-state index is 11.6. The van der Waals surface area contributed by atoms with E-state index in [1.165, 1.54) is 46.5 Å². The Hall–Kier alpha value is -2.33. The Balaban J connectivity index is 1.65. The van der Waals surface area contributed by atoms with Crippen LogP contribution in [-0.4, -0.2) is 20.8 Å². The largest absolute Gasteiger partial charge is 0.480 e. The predicted molar refractivity (Wildman–Crippen MR) is 120 cm³/mol. The van der Waals surface area contributed by atoms with Crippen molar-refractivity contribution in [1.29, 1.82) is 0 Å². The molecule has 1 aliphatic carbocycles. The number of rotatable bonds is 7. The van der Waals surface area contributed by atoms with Crippen molar-refractivity contribution in [3.63, 3.8) is 0 Å². The first-order valence-electron chi connectivity index (χ1n) is 10.2. The zero-order valence-corrected chi connectivity index (χ0v) is 18.0. The van der Waals surface area contributed by atoms with Gasteiger partial charge >= 0.3 is 5.97 Å². The number of fused-ring (bicyclic) bond motifs is 1. The van der Waals surface area contributed by atoms with Crippen LogP contribution in [0, 0.1) is 0 Å². The van der Waals surface area contributed by atoms with Crippen molar-refractivity contribution in [2.45, 2.75) is 61.5 Å². The van der Waals surface area contributed by atoms with Crippen molar-refractivity contribution in [3.05, 3.63) is 71.5 Å². The zero-order chi connectivity index (χ0) is 20.6. The summed E-state index contributed by atoms with van der Waals surface area (Å²) in [5.74, 6) is 0.163. The van der Waals surface area contributed by atoms with E-state index >= 15 is 0 Å². The minimum atomic E-state index is -0.881. The van der Waals surface area contributed by atoms with Crippen molar-refractivity contribution in [1.82, 2.24) is 4.98 Å². The molecule has 3 aromatic rings. The Kier molecular flexibility index (Phi) is 5.39. The van der Waals surface area contributed by atoms with Crippen molar-refractivity contribution in [2.24, 2.45) is 0 Å². The van der Waals surface area contributed by atoms with Crippen LogP contribution in [0.4, 0.5) is 0 Å². The molecule has 0 bridgehead atoms. The van der Waals surface area contributed by atoms with E-state index in [0.717, 1.165) is 22.8 Å². The molecule has 0 aliphatic heterocycles. The molecule has 0 amide bonds. The minimum absolute atomic E-state index is 0.242. The van der Waals surface area contributed by atoms with E-state index in [1.807, 2.05) is 12.3 Å². The summed E-state index contributed by atoms with van der Waals surface area (Å²) in [5, 5.41) is 12.2. The van der Waals surface area contributed by atoms with Crippen LogP contribution in [0.2, 0.25) is 0 Å². The number of pyridine rings is 1. The van der Waals surface area contributed by atoms with Gasteiger partial charge in [0.1, 0.15) is 4.75 Å². The summed E-state index contributed by atoms with van der Waals surface area (Å²) in [5.41, 5.74) is 3.94. The van der Waals surface area contributed by atoms with Crippen LogP contribution < -0.4 is 0 Å². The second-order valence-corrected chi connectivity index (χ2v) is 10.2. The maximum atomic E-state index is 11.6. The van der Waals surface area contributed by atoms with Crippen LogP contribution in [0.1, 0.15) is 62.1 Å². The standard InChI is InChI=1S/C25H27NO2S/c1-16(22-15-26-13-12-23(22)29-25(2,3)24(27)28)14-18-10-11-20(17-8-9-17)21-7-5-4-6-19(18)21/h4-7,10-13,15-17H,8-9,14H2,1-3H3,(H,27,28). The van der Waals surface area contributed by atoms with Crippen LogP contribution in [0.3, 0.4) is 0 Å². The first-order chi connectivity index (χ1) is 13.9. The van der Waals surface area contributed by atoms with Crippen LogP contribution in [0.25, 0.3) is 10.8 Å². The number of aromatic nitrogens is 1. The molecule has 150 valence electrons. The molecule has 0 spiro atoms. The monoisotopic (exact) mass is 405 g/mol. The first kappa shape index (κ1) is 20.0. The third-order valence-electron chi connectivity index (χ3n) is 5.81. The molecular weight excluding hydrogens is 378 g/mol. The highest BCUT2D eigenvalue weighted by atomic mass is 32.2. The van der Waals surface area contributed by atoms with E-state index in [-0.39, 0.29) is 5.92 Å². The molecule has 1 saturated carbocycles. The van der Waals surface area contributed by atoms with Gasteiger partial charge in [0.05, 0.1) is 0 Å². The number of carbonyl (C=O) groups is 1. The van der Waals surface area contributed by atoms with Crippen LogP contribution >= 0.6 is 11.8 Å². The summed E-state index contributed by atoms with van der Waals surface area (Å²) in [6.07, 6.45) is 7.14. The number of nitrogens with zero attached hydrogens (tertiary/aromatic N) is 1. The molecule has 4 rings (SSSR count). The van der Waals surface area contributed by atoms with Crippen LogP contribution in [0.5, 0.6) is 0 Å². The van der Waals surface area contributed by atoms with Crippen molar-refractivity contribution in [2.75, 3.05) is 0 Å². The minimum Gasteiger partial charge on any atom is -0.480 e. The fourth-order valence-electron chi connectivity index (χ4n) is 3.93. The van der Waals surface area contributed by atoms with Gasteiger partial charge in [-0.3, -0.25) is 9.78 Å². The number of carboxylic acid groups (broad SMARTS) is 1. The van der Waals surface area contributed by atoms with Gasteiger partial charge in [-0.2, -0.15) is 0 Å². The summed E-state index contributed by atoms with van der Waals surface area (Å²) in [6.45, 7) is 5.70. The molecule has 1 aliphatic rings. The lowest BCUT2D eigenvalue weighted by molar-refractivity contribution is -0.138. The summed E-state index contributed by atoms with van der Waals surface area (Å²) >= 11 is 1.40. The molecular formula is C25H27NO2S. The van der Waals surface area contributed by atoms with Crippen LogP contribution in [-0.2, 0) is 11.2 Å². The number of carboxylic acids is 1. The Bertz CT molecular complexity index is 1060. The molecule has 1 atom stereocenters. The van der Waals surface area contributed by atoms with Gasteiger partial charge in [0, 0.05) is 17.3 Å². The van der Waals surface area contributed by atoms with E-state index in [2.05, 4.69) is 48.3 Å². The molecule has 4 heteroatoms. The van der Waals surface area contributed by atoms with Gasteiger partial charge < -0.3 is 5.11 Å². The van der Waals surface area contributed by atoms with Crippen molar-refractivity contribution < 1.29 is 9.90 Å². The molecule has 1 fully saturated rings. The quantitative estimate of drug-likeness (QED) is 0.461. The predicted octanol–water partition coefficient (Wildman–Crippen LogP) is 6.41. The normalized spacial score (nSPS) is 15.4. The van der Waals surface area contributed by atoms with Gasteiger partial charge in [-0.1, -0.05) is 43.3 Å². The molecule has 1 aromatic heterocycles. The lowest BCUT2D eigenvalue weighted by Crippen LogP contribution is -2.27. The summed E-state index contributed by atoms with van der Waals surface area (Å²) in [7, 11) is 0. The van der Waals surface area contributed by atoms with Gasteiger partial charge in [-0.25, -0.2) is 0 Å². The number of thioether (sulfide) groups is 1. The molecule has 0 saturated heterocycles. The van der Waals surface area contributed by atoms with E-state index in [9.17, 15) is 9.90 Å². The molecule has 1 unspecified atom stereocenters. The third-order valence-corrected chi connectivity index (χ3v) is 7.09. The van der Waals surface area contributed by atoms with Gasteiger partial charge in [-0.15, -0.1) is 11.8 Å². The fourth-order valence-corrected chi connectivity index (χ4v) is 5.07. The number of hydrogen-bond donors (Lipinski definition) is 1. The van der Waals surface area contributed by atoms with Gasteiger partial charge in [0.25, 0.3) is 0 Å². The average Bonchev–Trinajstić information content (AvgIpc) is 3.53. The fraction of sp³-hybridized carbons (Fsp3) is 0.360. The van der Waals surface area contributed by atoms with Gasteiger partial charge in [0.2, 0.25) is 0 Å². The molecule has 29 heavy (non-hydrogen) atoms. The smallest absolute Gasteiger partial charge is 0.319 e. The average molecular weight is 406 g/mol. The van der Waals surface area contributed by atoms with E-state index in [1.54, 1.807) is 20.0 Å². The Morgan fingerprint density at radius 1 is 1.17 bits per heavy atom. The Labute approximate surface area is 176 Å².